The lowest BCUT2D eigenvalue weighted by atomic mass is 9.59. The van der Waals surface area contributed by atoms with Crippen LogP contribution in [0, 0.1) is 23.2 Å². The van der Waals surface area contributed by atoms with E-state index in [1.165, 1.54) is 12.5 Å². The average Bonchev–Trinajstić information content (AvgIpc) is 2.79. The van der Waals surface area contributed by atoms with Gasteiger partial charge in [0.05, 0.1) is 0 Å². The summed E-state index contributed by atoms with van der Waals surface area (Å²) < 4.78 is 5.36. The standard InChI is InChI=1S/C17H26O3/c1-11(2)14-5-6-17(9-14)12(3)7-16(20-13(4)19)8-15(17)10-18/h10,12,14-16H,1,5-9H2,2-4H3/t12-,14-,15+,16+,17+/m1/s1. The van der Waals surface area contributed by atoms with Crippen LogP contribution < -0.4 is 0 Å². The lowest BCUT2D eigenvalue weighted by Crippen LogP contribution is -2.45. The molecule has 5 atom stereocenters. The monoisotopic (exact) mass is 278 g/mol. The first-order valence-corrected chi connectivity index (χ1v) is 7.67. The van der Waals surface area contributed by atoms with E-state index in [1.807, 2.05) is 0 Å². The number of aldehydes is 1. The van der Waals surface area contributed by atoms with Gasteiger partial charge in [0.25, 0.3) is 0 Å². The summed E-state index contributed by atoms with van der Waals surface area (Å²) >= 11 is 0. The number of ether oxygens (including phenoxy) is 1. The summed E-state index contributed by atoms with van der Waals surface area (Å²) in [6, 6.07) is 0. The zero-order valence-electron chi connectivity index (χ0n) is 12.9. The molecule has 20 heavy (non-hydrogen) atoms. The fourth-order valence-electron chi connectivity index (χ4n) is 4.44. The second-order valence-corrected chi connectivity index (χ2v) is 6.87. The molecule has 2 saturated carbocycles. The maximum absolute atomic E-state index is 11.6. The van der Waals surface area contributed by atoms with Crippen LogP contribution in [-0.2, 0) is 14.3 Å². The van der Waals surface area contributed by atoms with Crippen molar-refractivity contribution in [1.29, 1.82) is 0 Å². The molecule has 2 aliphatic carbocycles. The Morgan fingerprint density at radius 2 is 2.05 bits per heavy atom. The molecule has 2 rings (SSSR count). The molecule has 0 amide bonds. The molecule has 0 aromatic rings. The van der Waals surface area contributed by atoms with Crippen LogP contribution in [0.2, 0.25) is 0 Å². The smallest absolute Gasteiger partial charge is 0.302 e. The molecular weight excluding hydrogens is 252 g/mol. The van der Waals surface area contributed by atoms with Crippen molar-refractivity contribution in [2.45, 2.75) is 59.0 Å². The highest BCUT2D eigenvalue weighted by molar-refractivity contribution is 5.66. The summed E-state index contributed by atoms with van der Waals surface area (Å²) in [6.07, 6.45) is 5.90. The van der Waals surface area contributed by atoms with E-state index in [0.29, 0.717) is 18.3 Å². The highest BCUT2D eigenvalue weighted by Gasteiger charge is 2.52. The first-order chi connectivity index (χ1) is 9.39. The lowest BCUT2D eigenvalue weighted by molar-refractivity contribution is -0.155. The third-order valence-electron chi connectivity index (χ3n) is 5.63. The molecule has 2 fully saturated rings. The minimum Gasteiger partial charge on any atom is -0.463 e. The Morgan fingerprint density at radius 3 is 2.55 bits per heavy atom. The molecule has 0 radical (unpaired) electrons. The number of carbonyl (C=O) groups is 2. The van der Waals surface area contributed by atoms with Gasteiger partial charge in [0.2, 0.25) is 0 Å². The zero-order valence-corrected chi connectivity index (χ0v) is 12.9. The number of allylic oxidation sites excluding steroid dienone is 1. The topological polar surface area (TPSA) is 43.4 Å². The van der Waals surface area contributed by atoms with Gasteiger partial charge >= 0.3 is 5.97 Å². The minimum absolute atomic E-state index is 0.0138. The van der Waals surface area contributed by atoms with Crippen molar-refractivity contribution in [3.63, 3.8) is 0 Å². The first-order valence-electron chi connectivity index (χ1n) is 7.67. The van der Waals surface area contributed by atoms with Crippen molar-refractivity contribution in [2.24, 2.45) is 23.2 Å². The highest BCUT2D eigenvalue weighted by Crippen LogP contribution is 2.58. The maximum atomic E-state index is 11.6. The van der Waals surface area contributed by atoms with Crippen LogP contribution in [0.4, 0.5) is 0 Å². The number of hydrogen-bond acceptors (Lipinski definition) is 3. The van der Waals surface area contributed by atoms with Gasteiger partial charge in [0.1, 0.15) is 12.4 Å². The molecule has 0 saturated heterocycles. The third-order valence-corrected chi connectivity index (χ3v) is 5.63. The van der Waals surface area contributed by atoms with Gasteiger partial charge in [0.15, 0.2) is 0 Å². The number of rotatable bonds is 3. The third kappa shape index (κ3) is 2.68. The summed E-state index contributed by atoms with van der Waals surface area (Å²) in [7, 11) is 0. The van der Waals surface area contributed by atoms with E-state index in [4.69, 9.17) is 4.74 Å². The Kier molecular flexibility index (Phi) is 4.36. The van der Waals surface area contributed by atoms with Crippen molar-refractivity contribution >= 4 is 12.3 Å². The van der Waals surface area contributed by atoms with Crippen molar-refractivity contribution < 1.29 is 14.3 Å². The van der Waals surface area contributed by atoms with Gasteiger partial charge in [-0.25, -0.2) is 0 Å². The molecule has 0 aliphatic heterocycles. The summed E-state index contributed by atoms with van der Waals surface area (Å²) in [5, 5.41) is 0. The summed E-state index contributed by atoms with van der Waals surface area (Å²) in [5.74, 6) is 0.735. The van der Waals surface area contributed by atoms with Crippen molar-refractivity contribution in [1.82, 2.24) is 0 Å². The molecule has 0 bridgehead atoms. The average molecular weight is 278 g/mol. The number of hydrogen-bond donors (Lipinski definition) is 0. The molecule has 0 aromatic heterocycles. The van der Waals surface area contributed by atoms with Gasteiger partial charge in [-0.2, -0.15) is 0 Å². The van der Waals surface area contributed by atoms with Gasteiger partial charge in [-0.15, -0.1) is 0 Å². The fourth-order valence-corrected chi connectivity index (χ4v) is 4.44. The predicted molar refractivity (Wildman–Crippen MR) is 78.1 cm³/mol. The molecule has 3 nitrogen and oxygen atoms in total. The van der Waals surface area contributed by atoms with Gasteiger partial charge in [0, 0.05) is 12.8 Å². The van der Waals surface area contributed by atoms with Crippen molar-refractivity contribution in [3.8, 4) is 0 Å². The first kappa shape index (κ1) is 15.3. The normalized spacial score (nSPS) is 40.5. The number of carbonyl (C=O) groups excluding carboxylic acids is 2. The largest absolute Gasteiger partial charge is 0.463 e. The summed E-state index contributed by atoms with van der Waals surface area (Å²) in [5.41, 5.74) is 1.34. The number of esters is 1. The fraction of sp³-hybridized carbons (Fsp3) is 0.765. The Bertz CT molecular complexity index is 414. The molecule has 0 N–H and O–H groups in total. The molecule has 3 heteroatoms. The molecular formula is C17H26O3. The van der Waals surface area contributed by atoms with E-state index in [-0.39, 0.29) is 23.4 Å². The van der Waals surface area contributed by atoms with E-state index in [2.05, 4.69) is 20.4 Å². The molecule has 0 unspecified atom stereocenters. The lowest BCUT2D eigenvalue weighted by Gasteiger charge is -2.47. The van der Waals surface area contributed by atoms with E-state index in [9.17, 15) is 9.59 Å². The van der Waals surface area contributed by atoms with Crippen LogP contribution in [0.3, 0.4) is 0 Å². The zero-order chi connectivity index (χ0) is 14.9. The second-order valence-electron chi connectivity index (χ2n) is 6.87. The van der Waals surface area contributed by atoms with Crippen molar-refractivity contribution in [3.05, 3.63) is 12.2 Å². The Morgan fingerprint density at radius 1 is 1.35 bits per heavy atom. The Labute approximate surface area is 121 Å². The van der Waals surface area contributed by atoms with Crippen LogP contribution in [-0.4, -0.2) is 18.4 Å². The molecule has 0 aromatic carbocycles. The second kappa shape index (κ2) is 5.71. The summed E-state index contributed by atoms with van der Waals surface area (Å²) in [6.45, 7) is 9.84. The van der Waals surface area contributed by atoms with Crippen molar-refractivity contribution in [2.75, 3.05) is 0 Å². The van der Waals surface area contributed by atoms with E-state index >= 15 is 0 Å². The highest BCUT2D eigenvalue weighted by atomic mass is 16.5. The predicted octanol–water partition coefficient (Wildman–Crippen LogP) is 3.53. The van der Waals surface area contributed by atoms with Gasteiger partial charge in [-0.05, 0) is 56.3 Å². The van der Waals surface area contributed by atoms with E-state index < -0.39 is 0 Å². The van der Waals surface area contributed by atoms with Crippen LogP contribution >= 0.6 is 0 Å². The van der Waals surface area contributed by atoms with E-state index in [0.717, 1.165) is 32.0 Å². The van der Waals surface area contributed by atoms with Gasteiger partial charge in [-0.1, -0.05) is 19.1 Å². The summed E-state index contributed by atoms with van der Waals surface area (Å²) in [4.78, 5) is 22.8. The SMILES string of the molecule is C=C(C)[C@@H]1CC[C@]2(C1)[C@H](C)C[C@H](OC(C)=O)C[C@H]2C=O. The van der Waals surface area contributed by atoms with Gasteiger partial charge < -0.3 is 9.53 Å². The van der Waals surface area contributed by atoms with Crippen LogP contribution in [0.25, 0.3) is 0 Å². The minimum atomic E-state index is -0.242. The molecule has 2 aliphatic rings. The molecule has 112 valence electrons. The van der Waals surface area contributed by atoms with Crippen LogP contribution in [0.1, 0.15) is 52.9 Å². The Hall–Kier alpha value is -1.12. The van der Waals surface area contributed by atoms with Crippen LogP contribution in [0.15, 0.2) is 12.2 Å². The Balaban J connectivity index is 2.16. The molecule has 1 spiro atoms. The quantitative estimate of drug-likeness (QED) is 0.450. The maximum Gasteiger partial charge on any atom is 0.302 e. The van der Waals surface area contributed by atoms with Gasteiger partial charge in [-0.3, -0.25) is 4.79 Å². The molecule has 0 heterocycles. The van der Waals surface area contributed by atoms with E-state index in [1.54, 1.807) is 0 Å². The van der Waals surface area contributed by atoms with Crippen LogP contribution in [0.5, 0.6) is 0 Å².